The van der Waals surface area contributed by atoms with Gasteiger partial charge in [0.15, 0.2) is 0 Å². The van der Waals surface area contributed by atoms with Crippen molar-refractivity contribution in [2.45, 2.75) is 76.7 Å². The van der Waals surface area contributed by atoms with Gasteiger partial charge in [-0.05, 0) is 44.7 Å². The first-order valence-corrected chi connectivity index (χ1v) is 13.1. The summed E-state index contributed by atoms with van der Waals surface area (Å²) in [5.41, 5.74) is 2.40. The summed E-state index contributed by atoms with van der Waals surface area (Å²) in [5, 5.41) is 5.19. The number of amides is 1. The van der Waals surface area contributed by atoms with E-state index in [4.69, 9.17) is 14.7 Å². The van der Waals surface area contributed by atoms with Crippen molar-refractivity contribution in [2.24, 2.45) is 0 Å². The molecule has 0 aliphatic carbocycles. The Bertz CT molecular complexity index is 1100. The van der Waals surface area contributed by atoms with Gasteiger partial charge < -0.3 is 10.1 Å². The van der Waals surface area contributed by atoms with Crippen molar-refractivity contribution in [1.82, 2.24) is 15.3 Å². The number of aryl methyl sites for hydroxylation is 2. The van der Waals surface area contributed by atoms with Gasteiger partial charge in [-0.2, -0.15) is 0 Å². The van der Waals surface area contributed by atoms with E-state index >= 15 is 0 Å². The zero-order valence-corrected chi connectivity index (χ0v) is 20.9. The summed E-state index contributed by atoms with van der Waals surface area (Å²) >= 11 is 3.23. The Morgan fingerprint density at radius 2 is 2.06 bits per heavy atom. The Morgan fingerprint density at radius 3 is 2.81 bits per heavy atom. The van der Waals surface area contributed by atoms with Crippen LogP contribution in [0.25, 0.3) is 10.2 Å². The number of rotatable bonds is 8. The summed E-state index contributed by atoms with van der Waals surface area (Å²) in [7, 11) is 0. The van der Waals surface area contributed by atoms with Crippen LogP contribution in [0.5, 0.6) is 0 Å². The van der Waals surface area contributed by atoms with Crippen LogP contribution in [0.1, 0.15) is 55.9 Å². The molecule has 4 rings (SSSR count). The van der Waals surface area contributed by atoms with Crippen molar-refractivity contribution in [3.63, 3.8) is 0 Å². The molecular formula is C25H31N3O2S2. The van der Waals surface area contributed by atoms with Crippen LogP contribution in [0.2, 0.25) is 0 Å². The molecular weight excluding hydrogens is 438 g/mol. The number of benzene rings is 1. The van der Waals surface area contributed by atoms with Crippen molar-refractivity contribution in [3.05, 3.63) is 52.2 Å². The van der Waals surface area contributed by atoms with Gasteiger partial charge in [-0.1, -0.05) is 49.0 Å². The molecule has 1 N–H and O–H groups in total. The lowest BCUT2D eigenvalue weighted by atomic mass is 9.95. The highest BCUT2D eigenvalue weighted by Gasteiger charge is 2.31. The molecule has 2 aromatic heterocycles. The van der Waals surface area contributed by atoms with E-state index in [1.54, 1.807) is 11.3 Å². The van der Waals surface area contributed by atoms with Gasteiger partial charge in [0.2, 0.25) is 5.91 Å². The third-order valence-corrected chi connectivity index (χ3v) is 7.79. The van der Waals surface area contributed by atoms with Gasteiger partial charge >= 0.3 is 0 Å². The van der Waals surface area contributed by atoms with Crippen molar-refractivity contribution in [2.75, 3.05) is 5.75 Å². The molecule has 32 heavy (non-hydrogen) atoms. The maximum Gasteiger partial charge on any atom is 0.230 e. The zero-order chi connectivity index (χ0) is 22.7. The number of carbonyl (C=O) groups is 1. The highest BCUT2D eigenvalue weighted by molar-refractivity contribution is 8.00. The molecule has 1 atom stereocenters. The zero-order valence-electron chi connectivity index (χ0n) is 19.2. The first kappa shape index (κ1) is 23.2. The number of hydrogen-bond donors (Lipinski definition) is 1. The first-order chi connectivity index (χ1) is 15.3. The maximum absolute atomic E-state index is 12.7. The molecule has 0 radical (unpaired) electrons. The molecule has 1 aliphatic heterocycles. The molecule has 1 amide bonds. The third kappa shape index (κ3) is 5.50. The van der Waals surface area contributed by atoms with Gasteiger partial charge in [0.25, 0.3) is 0 Å². The normalized spacial score (nSPS) is 16.0. The fourth-order valence-electron chi connectivity index (χ4n) is 3.97. The summed E-state index contributed by atoms with van der Waals surface area (Å²) in [6, 6.07) is 10.5. The van der Waals surface area contributed by atoms with E-state index < -0.39 is 0 Å². The summed E-state index contributed by atoms with van der Waals surface area (Å²) in [4.78, 5) is 24.5. The molecule has 0 fully saturated rings. The van der Waals surface area contributed by atoms with Crippen molar-refractivity contribution in [3.8, 4) is 0 Å². The minimum atomic E-state index is -0.196. The van der Waals surface area contributed by atoms with Crippen LogP contribution < -0.4 is 5.32 Å². The van der Waals surface area contributed by atoms with Crippen molar-refractivity contribution in [1.29, 1.82) is 0 Å². The van der Waals surface area contributed by atoms with Gasteiger partial charge in [0, 0.05) is 29.1 Å². The van der Waals surface area contributed by atoms with Crippen LogP contribution in [-0.4, -0.2) is 33.3 Å². The Balaban J connectivity index is 1.44. The number of thiophene rings is 1. The molecule has 170 valence electrons. The quantitative estimate of drug-likeness (QED) is 0.357. The van der Waals surface area contributed by atoms with E-state index in [-0.39, 0.29) is 17.6 Å². The van der Waals surface area contributed by atoms with Gasteiger partial charge in [0.05, 0.1) is 18.0 Å². The number of aromatic nitrogens is 2. The summed E-state index contributed by atoms with van der Waals surface area (Å²) in [6.45, 7) is 9.00. The lowest BCUT2D eigenvalue weighted by molar-refractivity contribution is -0.119. The predicted molar refractivity (Wildman–Crippen MR) is 132 cm³/mol. The number of nitrogens with zero attached hydrogens (tertiary/aromatic N) is 2. The third-order valence-electron chi connectivity index (χ3n) is 5.72. The number of hydrogen-bond acceptors (Lipinski definition) is 6. The number of carbonyl (C=O) groups excluding carboxylic acids is 1. The van der Waals surface area contributed by atoms with Gasteiger partial charge in [-0.15, -0.1) is 11.3 Å². The molecule has 0 saturated heterocycles. The molecule has 7 heteroatoms. The fourth-order valence-corrected chi connectivity index (χ4v) is 6.04. The minimum absolute atomic E-state index is 0.0492. The second-order valence-electron chi connectivity index (χ2n) is 8.99. The largest absolute Gasteiger partial charge is 0.370 e. The van der Waals surface area contributed by atoms with Crippen molar-refractivity contribution >= 4 is 39.2 Å². The summed E-state index contributed by atoms with van der Waals surface area (Å²) in [6.07, 6.45) is 3.50. The molecule has 3 heterocycles. The monoisotopic (exact) mass is 469 g/mol. The number of nitrogens with one attached hydrogen (secondary N) is 1. The number of thioether (sulfide) groups is 1. The van der Waals surface area contributed by atoms with Crippen LogP contribution in [-0.2, 0) is 35.4 Å². The second-order valence-corrected chi connectivity index (χ2v) is 11.0. The SMILES string of the molecule is CCc1nc(SCC(=O)N[C@H](C)CCc2ccccc2)c2c3c(sc2n1)COC(C)(C)C3. The standard InChI is InChI=1S/C25H31N3O2S2/c1-5-20-27-23(22-18-13-25(3,4)30-14-19(18)32-24(22)28-20)31-15-21(29)26-16(2)11-12-17-9-7-6-8-10-17/h6-10,16H,5,11-15H2,1-4H3,(H,26,29)/t16-/m1/s1. The lowest BCUT2D eigenvalue weighted by Gasteiger charge is -2.30. The summed E-state index contributed by atoms with van der Waals surface area (Å²) in [5.74, 6) is 1.23. The van der Waals surface area contributed by atoms with E-state index in [0.717, 1.165) is 46.8 Å². The molecule has 1 aliphatic rings. The van der Waals surface area contributed by atoms with Crippen LogP contribution in [0.4, 0.5) is 0 Å². The Kier molecular flexibility index (Phi) is 7.17. The lowest BCUT2D eigenvalue weighted by Crippen LogP contribution is -2.34. The first-order valence-electron chi connectivity index (χ1n) is 11.3. The topological polar surface area (TPSA) is 64.1 Å². The van der Waals surface area contributed by atoms with E-state index in [0.29, 0.717) is 12.4 Å². The van der Waals surface area contributed by atoms with Crippen LogP contribution in [0.3, 0.4) is 0 Å². The van der Waals surface area contributed by atoms with Crippen LogP contribution >= 0.6 is 23.1 Å². The smallest absolute Gasteiger partial charge is 0.230 e. The van der Waals surface area contributed by atoms with Crippen LogP contribution in [0, 0.1) is 0 Å². The van der Waals surface area contributed by atoms with E-state index in [2.05, 4.69) is 57.3 Å². The molecule has 3 aromatic rings. The van der Waals surface area contributed by atoms with Gasteiger partial charge in [-0.25, -0.2) is 9.97 Å². The number of fused-ring (bicyclic) bond motifs is 3. The van der Waals surface area contributed by atoms with Crippen molar-refractivity contribution < 1.29 is 9.53 Å². The van der Waals surface area contributed by atoms with E-state index in [9.17, 15) is 4.79 Å². The van der Waals surface area contributed by atoms with Gasteiger partial charge in [-0.3, -0.25) is 4.79 Å². The minimum Gasteiger partial charge on any atom is -0.370 e. The highest BCUT2D eigenvalue weighted by atomic mass is 32.2. The predicted octanol–water partition coefficient (Wildman–Crippen LogP) is 5.33. The molecule has 0 saturated carbocycles. The second kappa shape index (κ2) is 9.89. The average Bonchev–Trinajstić information content (AvgIpc) is 3.13. The molecule has 5 nitrogen and oxygen atoms in total. The number of ether oxygens (including phenoxy) is 1. The van der Waals surface area contributed by atoms with Crippen LogP contribution in [0.15, 0.2) is 35.4 Å². The Morgan fingerprint density at radius 1 is 1.28 bits per heavy atom. The highest BCUT2D eigenvalue weighted by Crippen LogP contribution is 2.41. The van der Waals surface area contributed by atoms with E-state index in [1.165, 1.54) is 27.8 Å². The molecule has 0 bridgehead atoms. The average molecular weight is 470 g/mol. The fraction of sp³-hybridized carbons (Fsp3) is 0.480. The molecule has 1 aromatic carbocycles. The molecule has 0 spiro atoms. The Hall–Kier alpha value is -1.96. The maximum atomic E-state index is 12.7. The Labute approximate surface area is 198 Å². The summed E-state index contributed by atoms with van der Waals surface area (Å²) < 4.78 is 6.01. The van der Waals surface area contributed by atoms with Gasteiger partial charge in [0.1, 0.15) is 15.7 Å². The van der Waals surface area contributed by atoms with E-state index in [1.807, 2.05) is 6.07 Å². The molecule has 0 unspecified atom stereocenters.